The summed E-state index contributed by atoms with van der Waals surface area (Å²) in [6, 6.07) is 5.04. The maximum absolute atomic E-state index is 10.9. The second-order valence-electron chi connectivity index (χ2n) is 4.28. The molecule has 2 unspecified atom stereocenters. The predicted molar refractivity (Wildman–Crippen MR) is 65.7 cm³/mol. The molecule has 0 aromatic heterocycles. The second-order valence-corrected chi connectivity index (χ2v) is 4.69. The van der Waals surface area contributed by atoms with Crippen molar-refractivity contribution in [1.82, 2.24) is 0 Å². The van der Waals surface area contributed by atoms with Crippen molar-refractivity contribution in [3.8, 4) is 5.75 Å². The van der Waals surface area contributed by atoms with E-state index in [9.17, 15) is 9.90 Å². The highest BCUT2D eigenvalue weighted by Gasteiger charge is 2.26. The Kier molecular flexibility index (Phi) is 4.02. The molecule has 1 N–H and O–H groups in total. The van der Waals surface area contributed by atoms with Gasteiger partial charge in [-0.05, 0) is 31.4 Å². The third-order valence-corrected chi connectivity index (χ3v) is 3.36. The highest BCUT2D eigenvalue weighted by atomic mass is 35.5. The Morgan fingerprint density at radius 2 is 2.12 bits per heavy atom. The quantitative estimate of drug-likeness (QED) is 0.844. The smallest absolute Gasteiger partial charge is 0.153 e. The van der Waals surface area contributed by atoms with E-state index < -0.39 is 6.10 Å². The molecule has 0 spiro atoms. The molecule has 1 saturated carbocycles. The number of ether oxygens (including phenoxy) is 1. The highest BCUT2D eigenvalue weighted by Crippen LogP contribution is 2.31. The Morgan fingerprint density at radius 1 is 1.35 bits per heavy atom. The third-order valence-electron chi connectivity index (χ3n) is 3.06. The number of aliphatic hydroxyl groups is 1. The summed E-state index contributed by atoms with van der Waals surface area (Å²) in [5, 5.41) is 10.2. The van der Waals surface area contributed by atoms with E-state index in [1.807, 2.05) is 0 Å². The summed E-state index contributed by atoms with van der Waals surface area (Å²) in [7, 11) is 0. The van der Waals surface area contributed by atoms with E-state index in [4.69, 9.17) is 16.3 Å². The van der Waals surface area contributed by atoms with Gasteiger partial charge in [0.05, 0.1) is 16.7 Å². The van der Waals surface area contributed by atoms with Gasteiger partial charge in [0.2, 0.25) is 0 Å². The van der Waals surface area contributed by atoms with Crippen LogP contribution in [-0.4, -0.2) is 23.6 Å². The van der Waals surface area contributed by atoms with Crippen LogP contribution >= 0.6 is 11.6 Å². The monoisotopic (exact) mass is 254 g/mol. The summed E-state index contributed by atoms with van der Waals surface area (Å²) < 4.78 is 5.71. The molecule has 0 heterocycles. The van der Waals surface area contributed by atoms with Crippen LogP contribution in [0.25, 0.3) is 0 Å². The fraction of sp³-hybridized carbons (Fsp3) is 0.462. The van der Waals surface area contributed by atoms with Crippen molar-refractivity contribution >= 4 is 17.9 Å². The minimum Gasteiger partial charge on any atom is -0.485 e. The fourth-order valence-corrected chi connectivity index (χ4v) is 2.34. The molecule has 1 fully saturated rings. The average molecular weight is 255 g/mol. The molecular formula is C13H15ClO3. The lowest BCUT2D eigenvalue weighted by atomic mass is 9.95. The van der Waals surface area contributed by atoms with Gasteiger partial charge >= 0.3 is 0 Å². The molecule has 4 heteroatoms. The molecule has 0 bridgehead atoms. The SMILES string of the molecule is O=Cc1cccc(Cl)c1OC1CCCCC1O. The summed E-state index contributed by atoms with van der Waals surface area (Å²) in [6.45, 7) is 0. The Labute approximate surface area is 105 Å². The number of aldehydes is 1. The number of aliphatic hydroxyl groups excluding tert-OH is 1. The maximum atomic E-state index is 10.9. The van der Waals surface area contributed by atoms with Gasteiger partial charge in [-0.15, -0.1) is 0 Å². The summed E-state index contributed by atoms with van der Waals surface area (Å²) >= 11 is 6.01. The van der Waals surface area contributed by atoms with Crippen LogP contribution in [0.4, 0.5) is 0 Å². The molecule has 2 rings (SSSR count). The minimum atomic E-state index is -0.473. The third kappa shape index (κ3) is 2.79. The number of carbonyl (C=O) groups is 1. The first-order chi connectivity index (χ1) is 8.22. The lowest BCUT2D eigenvalue weighted by molar-refractivity contribution is 0.00663. The Morgan fingerprint density at radius 3 is 2.82 bits per heavy atom. The van der Waals surface area contributed by atoms with Crippen molar-refractivity contribution in [3.63, 3.8) is 0 Å². The van der Waals surface area contributed by atoms with E-state index in [0.717, 1.165) is 32.0 Å². The normalized spacial score (nSPS) is 24.4. The summed E-state index contributed by atoms with van der Waals surface area (Å²) in [6.07, 6.45) is 3.57. The molecule has 1 aliphatic rings. The van der Waals surface area contributed by atoms with Crippen molar-refractivity contribution in [2.45, 2.75) is 37.9 Å². The van der Waals surface area contributed by atoms with Crippen LogP contribution in [0.2, 0.25) is 5.02 Å². The Hall–Kier alpha value is -1.06. The summed E-state index contributed by atoms with van der Waals surface area (Å²) in [5.41, 5.74) is 0.426. The summed E-state index contributed by atoms with van der Waals surface area (Å²) in [5.74, 6) is 0.384. The van der Waals surface area contributed by atoms with Crippen molar-refractivity contribution < 1.29 is 14.6 Å². The van der Waals surface area contributed by atoms with Gasteiger partial charge in [-0.1, -0.05) is 24.1 Å². The van der Waals surface area contributed by atoms with Crippen LogP contribution in [0.15, 0.2) is 18.2 Å². The number of para-hydroxylation sites is 1. The van der Waals surface area contributed by atoms with Gasteiger partial charge in [-0.3, -0.25) is 4.79 Å². The first-order valence-corrected chi connectivity index (χ1v) is 6.18. The van der Waals surface area contributed by atoms with Gasteiger partial charge in [0.25, 0.3) is 0 Å². The summed E-state index contributed by atoms with van der Waals surface area (Å²) in [4.78, 5) is 10.9. The van der Waals surface area contributed by atoms with E-state index in [1.54, 1.807) is 18.2 Å². The fourth-order valence-electron chi connectivity index (χ4n) is 2.11. The topological polar surface area (TPSA) is 46.5 Å². The molecule has 0 aliphatic heterocycles. The van der Waals surface area contributed by atoms with Gasteiger partial charge in [0, 0.05) is 0 Å². The van der Waals surface area contributed by atoms with Crippen LogP contribution in [-0.2, 0) is 0 Å². The lowest BCUT2D eigenvalue weighted by Gasteiger charge is -2.28. The first kappa shape index (κ1) is 12.4. The zero-order valence-corrected chi connectivity index (χ0v) is 10.2. The standard InChI is InChI=1S/C13H15ClO3/c14-10-5-3-4-9(8-15)13(10)17-12-7-2-1-6-11(12)16/h3-5,8,11-12,16H,1-2,6-7H2. The van der Waals surface area contributed by atoms with Gasteiger partial charge in [0.1, 0.15) is 11.9 Å². The number of rotatable bonds is 3. The van der Waals surface area contributed by atoms with Crippen LogP contribution in [0.3, 0.4) is 0 Å². The Bertz CT molecular complexity index is 406. The number of halogens is 1. The van der Waals surface area contributed by atoms with Gasteiger partial charge in [-0.25, -0.2) is 0 Å². The largest absolute Gasteiger partial charge is 0.485 e. The molecule has 2 atom stereocenters. The van der Waals surface area contributed by atoms with Crippen LogP contribution in [0.1, 0.15) is 36.0 Å². The van der Waals surface area contributed by atoms with Gasteiger partial charge < -0.3 is 9.84 Å². The van der Waals surface area contributed by atoms with E-state index in [1.165, 1.54) is 0 Å². The van der Waals surface area contributed by atoms with Crippen molar-refractivity contribution in [2.24, 2.45) is 0 Å². The van der Waals surface area contributed by atoms with E-state index in [0.29, 0.717) is 16.3 Å². The second kappa shape index (κ2) is 5.52. The molecule has 0 saturated heterocycles. The number of carbonyl (C=O) groups excluding carboxylic acids is 1. The minimum absolute atomic E-state index is 0.262. The van der Waals surface area contributed by atoms with E-state index >= 15 is 0 Å². The van der Waals surface area contributed by atoms with Crippen LogP contribution < -0.4 is 4.74 Å². The number of hydrogen-bond donors (Lipinski definition) is 1. The molecular weight excluding hydrogens is 240 g/mol. The lowest BCUT2D eigenvalue weighted by Crippen LogP contribution is -2.34. The zero-order chi connectivity index (χ0) is 12.3. The maximum Gasteiger partial charge on any atom is 0.153 e. The predicted octanol–water partition coefficient (Wildman–Crippen LogP) is 2.83. The van der Waals surface area contributed by atoms with Crippen LogP contribution in [0, 0.1) is 0 Å². The van der Waals surface area contributed by atoms with E-state index in [-0.39, 0.29) is 6.10 Å². The first-order valence-electron chi connectivity index (χ1n) is 5.81. The van der Waals surface area contributed by atoms with Crippen molar-refractivity contribution in [3.05, 3.63) is 28.8 Å². The molecule has 0 amide bonds. The Balaban J connectivity index is 2.19. The molecule has 92 valence electrons. The average Bonchev–Trinajstić information content (AvgIpc) is 2.34. The van der Waals surface area contributed by atoms with E-state index in [2.05, 4.69) is 0 Å². The molecule has 0 radical (unpaired) electrons. The number of hydrogen-bond acceptors (Lipinski definition) is 3. The molecule has 3 nitrogen and oxygen atoms in total. The zero-order valence-electron chi connectivity index (χ0n) is 9.43. The molecule has 17 heavy (non-hydrogen) atoms. The molecule has 1 aromatic carbocycles. The van der Waals surface area contributed by atoms with Crippen LogP contribution in [0.5, 0.6) is 5.75 Å². The number of benzene rings is 1. The highest BCUT2D eigenvalue weighted by molar-refractivity contribution is 6.32. The van der Waals surface area contributed by atoms with Gasteiger partial charge in [0.15, 0.2) is 6.29 Å². The molecule has 1 aromatic rings. The molecule has 1 aliphatic carbocycles. The van der Waals surface area contributed by atoms with Crippen molar-refractivity contribution in [2.75, 3.05) is 0 Å². The van der Waals surface area contributed by atoms with Crippen molar-refractivity contribution in [1.29, 1.82) is 0 Å². The van der Waals surface area contributed by atoms with Gasteiger partial charge in [-0.2, -0.15) is 0 Å².